The average Bonchev–Trinajstić information content (AvgIpc) is 3.04. The zero-order chi connectivity index (χ0) is 15.8. The summed E-state index contributed by atoms with van der Waals surface area (Å²) < 4.78 is 9.94. The van der Waals surface area contributed by atoms with Crippen LogP contribution in [-0.2, 0) is 9.53 Å². The Morgan fingerprint density at radius 3 is 2.73 bits per heavy atom. The third-order valence-corrected chi connectivity index (χ3v) is 2.84. The van der Waals surface area contributed by atoms with Crippen molar-refractivity contribution in [3.05, 3.63) is 42.1 Å². The minimum absolute atomic E-state index is 0.128. The summed E-state index contributed by atoms with van der Waals surface area (Å²) >= 11 is 0. The van der Waals surface area contributed by atoms with Crippen molar-refractivity contribution in [2.24, 2.45) is 0 Å². The molecule has 1 aromatic heterocycles. The average molecular weight is 303 g/mol. The summed E-state index contributed by atoms with van der Waals surface area (Å²) in [5, 5.41) is 8.78. The van der Waals surface area contributed by atoms with Crippen LogP contribution in [0.2, 0.25) is 0 Å². The quantitative estimate of drug-likeness (QED) is 0.739. The molecule has 0 aliphatic rings. The molecule has 7 heteroatoms. The second-order valence-electron chi connectivity index (χ2n) is 4.47. The van der Waals surface area contributed by atoms with E-state index in [1.807, 2.05) is 30.3 Å². The number of ether oxygens (including phenoxy) is 1. The Morgan fingerprint density at radius 1 is 1.23 bits per heavy atom. The molecule has 0 saturated heterocycles. The van der Waals surface area contributed by atoms with E-state index >= 15 is 0 Å². The van der Waals surface area contributed by atoms with Crippen molar-refractivity contribution in [3.63, 3.8) is 0 Å². The van der Waals surface area contributed by atoms with Gasteiger partial charge in [-0.25, -0.2) is 0 Å². The van der Waals surface area contributed by atoms with Gasteiger partial charge in [0.2, 0.25) is 5.91 Å². The van der Waals surface area contributed by atoms with Gasteiger partial charge in [0.1, 0.15) is 0 Å². The van der Waals surface area contributed by atoms with E-state index in [1.54, 1.807) is 7.11 Å². The molecule has 2 rings (SSSR count). The minimum atomic E-state index is -0.465. The van der Waals surface area contributed by atoms with E-state index in [2.05, 4.69) is 15.8 Å². The van der Waals surface area contributed by atoms with Crippen molar-refractivity contribution in [2.75, 3.05) is 26.8 Å². The summed E-state index contributed by atoms with van der Waals surface area (Å²) in [6, 6.07) is 10.9. The van der Waals surface area contributed by atoms with Crippen LogP contribution in [0.5, 0.6) is 0 Å². The number of aromatic nitrogens is 1. The number of benzene rings is 1. The monoisotopic (exact) mass is 303 g/mol. The lowest BCUT2D eigenvalue weighted by Gasteiger charge is -2.04. The zero-order valence-corrected chi connectivity index (χ0v) is 12.2. The van der Waals surface area contributed by atoms with Crippen LogP contribution in [0.25, 0.3) is 11.3 Å². The Kier molecular flexibility index (Phi) is 5.67. The van der Waals surface area contributed by atoms with Crippen molar-refractivity contribution in [1.82, 2.24) is 15.8 Å². The Hall–Kier alpha value is -2.67. The molecule has 116 valence electrons. The van der Waals surface area contributed by atoms with Gasteiger partial charge in [-0.2, -0.15) is 0 Å². The smallest absolute Gasteiger partial charge is 0.273 e. The molecular weight excluding hydrogens is 286 g/mol. The van der Waals surface area contributed by atoms with E-state index in [1.165, 1.54) is 6.07 Å². The van der Waals surface area contributed by atoms with Gasteiger partial charge in [0.05, 0.1) is 13.2 Å². The third kappa shape index (κ3) is 4.42. The van der Waals surface area contributed by atoms with Crippen molar-refractivity contribution >= 4 is 11.8 Å². The maximum absolute atomic E-state index is 11.9. The number of nitrogens with one attached hydrogen (secondary N) is 2. The fourth-order valence-electron chi connectivity index (χ4n) is 1.73. The first-order valence-corrected chi connectivity index (χ1v) is 6.76. The van der Waals surface area contributed by atoms with Crippen LogP contribution in [-0.4, -0.2) is 43.8 Å². The number of carbonyl (C=O) groups is 2. The fraction of sp³-hybridized carbons (Fsp3) is 0.267. The highest BCUT2D eigenvalue weighted by molar-refractivity contribution is 5.95. The first-order valence-electron chi connectivity index (χ1n) is 6.76. The van der Waals surface area contributed by atoms with Crippen molar-refractivity contribution in [3.8, 4) is 11.3 Å². The van der Waals surface area contributed by atoms with Gasteiger partial charge in [-0.15, -0.1) is 0 Å². The highest BCUT2D eigenvalue weighted by Crippen LogP contribution is 2.19. The third-order valence-electron chi connectivity index (χ3n) is 2.84. The number of amides is 2. The zero-order valence-electron chi connectivity index (χ0n) is 12.2. The van der Waals surface area contributed by atoms with E-state index < -0.39 is 5.91 Å². The van der Waals surface area contributed by atoms with Crippen LogP contribution in [0.15, 0.2) is 40.9 Å². The second kappa shape index (κ2) is 7.94. The summed E-state index contributed by atoms with van der Waals surface area (Å²) in [7, 11) is 1.54. The molecule has 0 aliphatic carbocycles. The van der Waals surface area contributed by atoms with Crippen LogP contribution in [0.1, 0.15) is 10.5 Å². The number of nitrogens with zero attached hydrogens (tertiary/aromatic N) is 1. The SMILES string of the molecule is COCCNC(=O)CNC(=O)c1cc(-c2ccccc2)on1. The highest BCUT2D eigenvalue weighted by atomic mass is 16.5. The van der Waals surface area contributed by atoms with Crippen LogP contribution in [0, 0.1) is 0 Å². The maximum Gasteiger partial charge on any atom is 0.273 e. The summed E-state index contributed by atoms with van der Waals surface area (Å²) in [5.41, 5.74) is 0.954. The van der Waals surface area contributed by atoms with Crippen molar-refractivity contribution in [1.29, 1.82) is 0 Å². The van der Waals surface area contributed by atoms with Crippen LogP contribution in [0.4, 0.5) is 0 Å². The molecule has 0 saturated carbocycles. The molecule has 0 fully saturated rings. The van der Waals surface area contributed by atoms with Crippen molar-refractivity contribution < 1.29 is 18.8 Å². The molecule has 2 N–H and O–H groups in total. The lowest BCUT2D eigenvalue weighted by atomic mass is 10.1. The van der Waals surface area contributed by atoms with Gasteiger partial charge in [-0.1, -0.05) is 35.5 Å². The summed E-state index contributed by atoms with van der Waals surface area (Å²) in [6.07, 6.45) is 0. The molecule has 1 aromatic carbocycles. The van der Waals surface area contributed by atoms with E-state index in [-0.39, 0.29) is 18.1 Å². The van der Waals surface area contributed by atoms with E-state index in [9.17, 15) is 9.59 Å². The Bertz CT molecular complexity index is 625. The number of carbonyl (C=O) groups excluding carboxylic acids is 2. The molecule has 0 aliphatic heterocycles. The Balaban J connectivity index is 1.86. The van der Waals surface area contributed by atoms with Gasteiger partial charge in [0.15, 0.2) is 11.5 Å². The van der Waals surface area contributed by atoms with Crippen LogP contribution < -0.4 is 10.6 Å². The Morgan fingerprint density at radius 2 is 2.00 bits per heavy atom. The first-order chi connectivity index (χ1) is 10.7. The summed E-state index contributed by atoms with van der Waals surface area (Å²) in [5.74, 6) is -0.264. The predicted octanol–water partition coefficient (Wildman–Crippen LogP) is 0.834. The van der Waals surface area contributed by atoms with Gasteiger partial charge >= 0.3 is 0 Å². The summed E-state index contributed by atoms with van der Waals surface area (Å²) in [4.78, 5) is 23.3. The molecule has 22 heavy (non-hydrogen) atoms. The predicted molar refractivity (Wildman–Crippen MR) is 79.2 cm³/mol. The topological polar surface area (TPSA) is 93.5 Å². The molecule has 0 atom stereocenters. The molecule has 2 amide bonds. The normalized spacial score (nSPS) is 10.2. The standard InChI is InChI=1S/C15H17N3O4/c1-21-8-7-16-14(19)10-17-15(20)12-9-13(22-18-12)11-5-3-2-4-6-11/h2-6,9H,7-8,10H2,1H3,(H,16,19)(H,17,20). The molecule has 1 heterocycles. The van der Waals surface area contributed by atoms with E-state index in [0.717, 1.165) is 5.56 Å². The molecule has 2 aromatic rings. The minimum Gasteiger partial charge on any atom is -0.383 e. The number of rotatable bonds is 7. The van der Waals surface area contributed by atoms with Gasteiger partial charge in [-0.05, 0) is 0 Å². The first kappa shape index (κ1) is 15.7. The number of methoxy groups -OCH3 is 1. The molecular formula is C15H17N3O4. The molecule has 0 spiro atoms. The molecule has 0 radical (unpaired) electrons. The second-order valence-corrected chi connectivity index (χ2v) is 4.47. The number of hydrogen-bond donors (Lipinski definition) is 2. The highest BCUT2D eigenvalue weighted by Gasteiger charge is 2.14. The fourth-order valence-corrected chi connectivity index (χ4v) is 1.73. The Labute approximate surface area is 127 Å². The van der Waals surface area contributed by atoms with Crippen LogP contribution >= 0.6 is 0 Å². The van der Waals surface area contributed by atoms with Gasteiger partial charge in [0.25, 0.3) is 5.91 Å². The lowest BCUT2D eigenvalue weighted by Crippen LogP contribution is -2.38. The summed E-state index contributed by atoms with van der Waals surface area (Å²) in [6.45, 7) is 0.687. The van der Waals surface area contributed by atoms with Crippen molar-refractivity contribution in [2.45, 2.75) is 0 Å². The van der Waals surface area contributed by atoms with Crippen LogP contribution in [0.3, 0.4) is 0 Å². The van der Waals surface area contributed by atoms with Gasteiger partial charge < -0.3 is 19.9 Å². The largest absolute Gasteiger partial charge is 0.383 e. The van der Waals surface area contributed by atoms with E-state index in [4.69, 9.17) is 9.26 Å². The molecule has 7 nitrogen and oxygen atoms in total. The van der Waals surface area contributed by atoms with Gasteiger partial charge in [0, 0.05) is 25.3 Å². The van der Waals surface area contributed by atoms with E-state index in [0.29, 0.717) is 18.9 Å². The lowest BCUT2D eigenvalue weighted by molar-refractivity contribution is -0.120. The maximum atomic E-state index is 11.9. The molecule has 0 unspecified atom stereocenters. The number of hydrogen-bond acceptors (Lipinski definition) is 5. The molecule has 0 bridgehead atoms. The van der Waals surface area contributed by atoms with Gasteiger partial charge in [-0.3, -0.25) is 9.59 Å².